The summed E-state index contributed by atoms with van der Waals surface area (Å²) in [7, 11) is 1.69. The van der Waals surface area contributed by atoms with Crippen LogP contribution in [-0.2, 0) is 9.53 Å². The van der Waals surface area contributed by atoms with E-state index in [0.717, 1.165) is 25.3 Å². The van der Waals surface area contributed by atoms with Crippen LogP contribution in [0.3, 0.4) is 0 Å². The van der Waals surface area contributed by atoms with Gasteiger partial charge in [-0.2, -0.15) is 0 Å². The van der Waals surface area contributed by atoms with Crippen LogP contribution in [0.5, 0.6) is 0 Å². The fourth-order valence-electron chi connectivity index (χ4n) is 1.33. The van der Waals surface area contributed by atoms with Gasteiger partial charge in [0.05, 0.1) is 11.9 Å². The van der Waals surface area contributed by atoms with E-state index in [4.69, 9.17) is 4.74 Å². The third-order valence-electron chi connectivity index (χ3n) is 2.54. The first-order chi connectivity index (χ1) is 8.93. The molecular weight excluding hydrogens is 242 g/mol. The Morgan fingerprint density at radius 2 is 2.11 bits per heavy atom. The molecule has 1 rings (SSSR count). The van der Waals surface area contributed by atoms with Gasteiger partial charge in [0.15, 0.2) is 0 Å². The second kappa shape index (κ2) is 7.09. The van der Waals surface area contributed by atoms with Crippen LogP contribution < -0.4 is 10.6 Å². The second-order valence-electron chi connectivity index (χ2n) is 5.41. The summed E-state index contributed by atoms with van der Waals surface area (Å²) >= 11 is 0. The SMILES string of the molecule is COCCCNc1ccc(NC(=O)C(C)(C)C)nc1. The molecule has 0 radical (unpaired) electrons. The van der Waals surface area contributed by atoms with Crippen LogP contribution in [0.2, 0.25) is 0 Å². The van der Waals surface area contributed by atoms with Gasteiger partial charge in [0.25, 0.3) is 0 Å². The largest absolute Gasteiger partial charge is 0.385 e. The highest BCUT2D eigenvalue weighted by molar-refractivity contribution is 5.93. The number of ether oxygens (including phenoxy) is 1. The van der Waals surface area contributed by atoms with Gasteiger partial charge in [-0.15, -0.1) is 0 Å². The van der Waals surface area contributed by atoms with E-state index in [-0.39, 0.29) is 5.91 Å². The molecule has 0 aliphatic carbocycles. The number of pyridine rings is 1. The van der Waals surface area contributed by atoms with E-state index in [9.17, 15) is 4.79 Å². The average molecular weight is 265 g/mol. The van der Waals surface area contributed by atoms with Gasteiger partial charge >= 0.3 is 0 Å². The lowest BCUT2D eigenvalue weighted by Crippen LogP contribution is -2.27. The molecule has 1 aromatic rings. The monoisotopic (exact) mass is 265 g/mol. The quantitative estimate of drug-likeness (QED) is 0.776. The number of hydrogen-bond acceptors (Lipinski definition) is 4. The van der Waals surface area contributed by atoms with Gasteiger partial charge in [-0.25, -0.2) is 4.98 Å². The predicted molar refractivity (Wildman–Crippen MR) is 77.3 cm³/mol. The zero-order chi connectivity index (χ0) is 14.3. The molecule has 0 saturated heterocycles. The molecule has 5 nitrogen and oxygen atoms in total. The van der Waals surface area contributed by atoms with Gasteiger partial charge in [-0.3, -0.25) is 4.79 Å². The maximum atomic E-state index is 11.8. The summed E-state index contributed by atoms with van der Waals surface area (Å²) in [5, 5.41) is 6.02. The minimum atomic E-state index is -0.418. The molecule has 0 aliphatic rings. The number of carbonyl (C=O) groups is 1. The summed E-state index contributed by atoms with van der Waals surface area (Å²) in [6, 6.07) is 3.69. The Balaban J connectivity index is 2.45. The van der Waals surface area contributed by atoms with E-state index in [1.165, 1.54) is 0 Å². The van der Waals surface area contributed by atoms with E-state index in [1.54, 1.807) is 19.4 Å². The van der Waals surface area contributed by atoms with Crippen LogP contribution in [0.15, 0.2) is 18.3 Å². The number of methoxy groups -OCH3 is 1. The zero-order valence-electron chi connectivity index (χ0n) is 12.1. The van der Waals surface area contributed by atoms with Crippen LogP contribution in [0.1, 0.15) is 27.2 Å². The second-order valence-corrected chi connectivity index (χ2v) is 5.41. The Labute approximate surface area is 114 Å². The summed E-state index contributed by atoms with van der Waals surface area (Å²) < 4.78 is 4.97. The number of aromatic nitrogens is 1. The van der Waals surface area contributed by atoms with E-state index < -0.39 is 5.41 Å². The number of nitrogens with one attached hydrogen (secondary N) is 2. The van der Waals surface area contributed by atoms with Crippen molar-refractivity contribution in [1.29, 1.82) is 0 Å². The Bertz CT molecular complexity index is 396. The van der Waals surface area contributed by atoms with Gasteiger partial charge < -0.3 is 15.4 Å². The van der Waals surface area contributed by atoms with Crippen molar-refractivity contribution in [3.8, 4) is 0 Å². The molecule has 0 spiro atoms. The van der Waals surface area contributed by atoms with Crippen molar-refractivity contribution in [2.24, 2.45) is 5.41 Å². The lowest BCUT2D eigenvalue weighted by Gasteiger charge is -2.17. The fourth-order valence-corrected chi connectivity index (χ4v) is 1.33. The van der Waals surface area contributed by atoms with Crippen molar-refractivity contribution >= 4 is 17.4 Å². The summed E-state index contributed by atoms with van der Waals surface area (Å²) in [5.41, 5.74) is 0.517. The van der Waals surface area contributed by atoms with Crippen molar-refractivity contribution < 1.29 is 9.53 Å². The first kappa shape index (κ1) is 15.4. The summed E-state index contributed by atoms with van der Waals surface area (Å²) in [5.74, 6) is 0.531. The minimum Gasteiger partial charge on any atom is -0.385 e. The highest BCUT2D eigenvalue weighted by Gasteiger charge is 2.21. The maximum Gasteiger partial charge on any atom is 0.230 e. The summed E-state index contributed by atoms with van der Waals surface area (Å²) in [6.07, 6.45) is 2.66. The molecule has 0 atom stereocenters. The molecule has 0 bridgehead atoms. The number of rotatable bonds is 6. The lowest BCUT2D eigenvalue weighted by molar-refractivity contribution is -0.123. The first-order valence-electron chi connectivity index (χ1n) is 6.44. The normalized spacial score (nSPS) is 11.2. The Morgan fingerprint density at radius 1 is 1.37 bits per heavy atom. The van der Waals surface area contributed by atoms with Crippen molar-refractivity contribution in [2.75, 3.05) is 30.9 Å². The van der Waals surface area contributed by atoms with Crippen molar-refractivity contribution in [2.45, 2.75) is 27.2 Å². The molecule has 1 aromatic heterocycles. The number of amides is 1. The molecule has 106 valence electrons. The molecule has 0 fully saturated rings. The van der Waals surface area contributed by atoms with Crippen LogP contribution in [0.4, 0.5) is 11.5 Å². The first-order valence-corrected chi connectivity index (χ1v) is 6.44. The van der Waals surface area contributed by atoms with Crippen molar-refractivity contribution in [3.63, 3.8) is 0 Å². The topological polar surface area (TPSA) is 63.2 Å². The van der Waals surface area contributed by atoms with Crippen LogP contribution >= 0.6 is 0 Å². The number of hydrogen-bond donors (Lipinski definition) is 2. The number of nitrogens with zero attached hydrogens (tertiary/aromatic N) is 1. The molecule has 0 aromatic carbocycles. The zero-order valence-corrected chi connectivity index (χ0v) is 12.1. The third kappa shape index (κ3) is 5.70. The molecule has 0 aliphatic heterocycles. The highest BCUT2D eigenvalue weighted by atomic mass is 16.5. The van der Waals surface area contributed by atoms with E-state index in [1.807, 2.05) is 26.8 Å². The minimum absolute atomic E-state index is 0.0409. The van der Waals surface area contributed by atoms with Gasteiger partial charge in [0.2, 0.25) is 5.91 Å². The third-order valence-corrected chi connectivity index (χ3v) is 2.54. The average Bonchev–Trinajstić information content (AvgIpc) is 2.35. The van der Waals surface area contributed by atoms with Crippen LogP contribution in [0.25, 0.3) is 0 Å². The molecule has 1 amide bonds. The molecule has 0 unspecified atom stereocenters. The smallest absolute Gasteiger partial charge is 0.230 e. The molecule has 5 heteroatoms. The number of anilines is 2. The molecule has 19 heavy (non-hydrogen) atoms. The maximum absolute atomic E-state index is 11.8. The fraction of sp³-hybridized carbons (Fsp3) is 0.571. The molecule has 0 saturated carbocycles. The van der Waals surface area contributed by atoms with E-state index >= 15 is 0 Å². The van der Waals surface area contributed by atoms with E-state index in [2.05, 4.69) is 15.6 Å². The van der Waals surface area contributed by atoms with Crippen LogP contribution in [0, 0.1) is 5.41 Å². The summed E-state index contributed by atoms with van der Waals surface area (Å²) in [4.78, 5) is 16.0. The Kier molecular flexibility index (Phi) is 5.76. The van der Waals surface area contributed by atoms with Gasteiger partial charge in [0.1, 0.15) is 5.82 Å². The number of carbonyl (C=O) groups excluding carboxylic acids is 1. The summed E-state index contributed by atoms with van der Waals surface area (Å²) in [6.45, 7) is 7.18. The van der Waals surface area contributed by atoms with Crippen molar-refractivity contribution in [1.82, 2.24) is 4.98 Å². The molecule has 2 N–H and O–H groups in total. The molecular formula is C14H23N3O2. The van der Waals surface area contributed by atoms with Crippen molar-refractivity contribution in [3.05, 3.63) is 18.3 Å². The molecule has 1 heterocycles. The Hall–Kier alpha value is -1.62. The van der Waals surface area contributed by atoms with Gasteiger partial charge in [0, 0.05) is 25.7 Å². The standard InChI is InChI=1S/C14H23N3O2/c1-14(2,3)13(18)17-12-7-6-11(10-16-12)15-8-5-9-19-4/h6-7,10,15H,5,8-9H2,1-4H3,(H,16,17,18). The lowest BCUT2D eigenvalue weighted by atomic mass is 9.96. The highest BCUT2D eigenvalue weighted by Crippen LogP contribution is 2.17. The predicted octanol–water partition coefficient (Wildman–Crippen LogP) is 2.51. The van der Waals surface area contributed by atoms with Gasteiger partial charge in [-0.05, 0) is 18.6 Å². The van der Waals surface area contributed by atoms with Crippen LogP contribution in [-0.4, -0.2) is 31.2 Å². The Morgan fingerprint density at radius 3 is 2.63 bits per heavy atom. The van der Waals surface area contributed by atoms with E-state index in [0.29, 0.717) is 5.82 Å². The van der Waals surface area contributed by atoms with Gasteiger partial charge in [-0.1, -0.05) is 20.8 Å².